The summed E-state index contributed by atoms with van der Waals surface area (Å²) in [6, 6.07) is 21.0. The molecular formula is C21H15N2O3-. The average molecular weight is 343 g/mol. The highest BCUT2D eigenvalue weighted by molar-refractivity contribution is 5.86. The molecule has 5 heteroatoms. The van der Waals surface area contributed by atoms with Crippen LogP contribution in [0.4, 0.5) is 11.4 Å². The molecule has 3 rings (SSSR count). The highest BCUT2D eigenvalue weighted by atomic mass is 16.6. The minimum absolute atomic E-state index is 0.132. The molecule has 0 aliphatic carbocycles. The summed E-state index contributed by atoms with van der Waals surface area (Å²) < 4.78 is 0. The first-order chi connectivity index (χ1) is 12.6. The summed E-state index contributed by atoms with van der Waals surface area (Å²) in [7, 11) is 0. The van der Waals surface area contributed by atoms with E-state index in [1.807, 2.05) is 66.7 Å². The Kier molecular flexibility index (Phi) is 5.19. The lowest BCUT2D eigenvalue weighted by Crippen LogP contribution is -1.98. The molecule has 0 radical (unpaired) electrons. The van der Waals surface area contributed by atoms with Crippen LogP contribution in [0.2, 0.25) is 0 Å². The number of rotatable bonds is 5. The van der Waals surface area contributed by atoms with Crippen molar-refractivity contribution in [3.05, 3.63) is 99.6 Å². The summed E-state index contributed by atoms with van der Waals surface area (Å²) in [6.07, 6.45) is 5.37. The van der Waals surface area contributed by atoms with Crippen LogP contribution in [-0.4, -0.2) is 11.1 Å². The maximum absolute atomic E-state index is 11.8. The van der Waals surface area contributed by atoms with Crippen LogP contribution in [0.3, 0.4) is 0 Å². The Hall–Kier alpha value is -3.73. The first-order valence-corrected chi connectivity index (χ1v) is 7.94. The zero-order chi connectivity index (χ0) is 18.4. The molecule has 0 unspecified atom stereocenters. The fourth-order valence-corrected chi connectivity index (χ4v) is 2.32. The molecule has 0 fully saturated rings. The van der Waals surface area contributed by atoms with Gasteiger partial charge in [-0.25, -0.2) is 0 Å². The molecule has 26 heavy (non-hydrogen) atoms. The molecule has 0 bridgehead atoms. The van der Waals surface area contributed by atoms with Gasteiger partial charge >= 0.3 is 0 Å². The third-order valence-corrected chi connectivity index (χ3v) is 3.72. The van der Waals surface area contributed by atoms with Gasteiger partial charge in [0.05, 0.1) is 10.6 Å². The summed E-state index contributed by atoms with van der Waals surface area (Å²) in [5.41, 5.74) is 2.85. The van der Waals surface area contributed by atoms with Crippen LogP contribution in [0.1, 0.15) is 16.7 Å². The third-order valence-electron chi connectivity index (χ3n) is 3.72. The fraction of sp³-hybridized carbons (Fsp3) is 0. The highest BCUT2D eigenvalue weighted by Gasteiger charge is 2.05. The van der Waals surface area contributed by atoms with E-state index >= 15 is 0 Å². The van der Waals surface area contributed by atoms with Gasteiger partial charge in [-0.3, -0.25) is 15.1 Å². The van der Waals surface area contributed by atoms with Crippen molar-refractivity contribution in [1.82, 2.24) is 0 Å². The van der Waals surface area contributed by atoms with Crippen molar-refractivity contribution < 1.29 is 10.0 Å². The number of hydrogen-bond donors (Lipinski definition) is 0. The predicted molar refractivity (Wildman–Crippen MR) is 102 cm³/mol. The molecule has 0 saturated carbocycles. The Morgan fingerprint density at radius 1 is 0.846 bits per heavy atom. The van der Waals surface area contributed by atoms with Gasteiger partial charge < -0.3 is 5.11 Å². The van der Waals surface area contributed by atoms with Gasteiger partial charge in [0.15, 0.2) is 0 Å². The van der Waals surface area contributed by atoms with Gasteiger partial charge in [-0.2, -0.15) is 0 Å². The number of nitrogens with zero attached hydrogens (tertiary/aromatic N) is 2. The second kappa shape index (κ2) is 7.90. The SMILES string of the molecule is O=[N+]([O-])c1ccc([O-])c(C=Nc2ccc(/C=C/c3ccccc3)cc2)c1. The van der Waals surface area contributed by atoms with E-state index in [0.717, 1.165) is 11.1 Å². The normalized spacial score (nSPS) is 11.2. The molecule has 0 amide bonds. The minimum atomic E-state index is -0.537. The second-order valence-electron chi connectivity index (χ2n) is 5.57. The Morgan fingerprint density at radius 3 is 2.15 bits per heavy atom. The highest BCUT2D eigenvalue weighted by Crippen LogP contribution is 2.21. The summed E-state index contributed by atoms with van der Waals surface area (Å²) in [6.45, 7) is 0. The maximum atomic E-state index is 11.8. The van der Waals surface area contributed by atoms with E-state index in [2.05, 4.69) is 4.99 Å². The quantitative estimate of drug-likeness (QED) is 0.294. The Balaban J connectivity index is 1.73. The van der Waals surface area contributed by atoms with Crippen molar-refractivity contribution in [2.45, 2.75) is 0 Å². The van der Waals surface area contributed by atoms with Crippen molar-refractivity contribution in [2.75, 3.05) is 0 Å². The van der Waals surface area contributed by atoms with Crippen LogP contribution in [0, 0.1) is 10.1 Å². The topological polar surface area (TPSA) is 78.6 Å². The molecule has 0 aliphatic rings. The van der Waals surface area contributed by atoms with E-state index in [4.69, 9.17) is 0 Å². The Labute approximate surface area is 150 Å². The predicted octanol–water partition coefficient (Wildman–Crippen LogP) is 4.59. The second-order valence-corrected chi connectivity index (χ2v) is 5.57. The van der Waals surface area contributed by atoms with E-state index in [9.17, 15) is 15.2 Å². The Morgan fingerprint density at radius 2 is 1.50 bits per heavy atom. The maximum Gasteiger partial charge on any atom is 0.270 e. The molecule has 3 aromatic rings. The van der Waals surface area contributed by atoms with Gasteiger partial charge in [0.2, 0.25) is 0 Å². The number of nitro groups is 1. The van der Waals surface area contributed by atoms with Gasteiger partial charge in [0.1, 0.15) is 0 Å². The van der Waals surface area contributed by atoms with Crippen LogP contribution in [0.25, 0.3) is 12.2 Å². The molecule has 0 saturated heterocycles. The first-order valence-electron chi connectivity index (χ1n) is 7.94. The van der Waals surface area contributed by atoms with Crippen LogP contribution >= 0.6 is 0 Å². The summed E-state index contributed by atoms with van der Waals surface area (Å²) in [5.74, 6) is -0.304. The van der Waals surface area contributed by atoms with Crippen molar-refractivity contribution in [3.8, 4) is 5.75 Å². The van der Waals surface area contributed by atoms with Crippen molar-refractivity contribution in [1.29, 1.82) is 0 Å². The lowest BCUT2D eigenvalue weighted by Gasteiger charge is -2.08. The number of hydrogen-bond acceptors (Lipinski definition) is 4. The van der Waals surface area contributed by atoms with E-state index in [-0.39, 0.29) is 17.0 Å². The fourth-order valence-electron chi connectivity index (χ4n) is 2.32. The standard InChI is InChI=1S/C21H16N2O3/c24-21-13-12-20(23(25)26)14-18(21)15-22-19-10-8-17(9-11-19)7-6-16-4-2-1-3-5-16/h1-15,24H/p-1/b7-6+,22-15?. The third kappa shape index (κ3) is 4.42. The van der Waals surface area contributed by atoms with E-state index < -0.39 is 4.92 Å². The summed E-state index contributed by atoms with van der Waals surface area (Å²) in [5, 5.41) is 22.6. The summed E-state index contributed by atoms with van der Waals surface area (Å²) in [4.78, 5) is 14.5. The molecule has 5 nitrogen and oxygen atoms in total. The van der Waals surface area contributed by atoms with Gasteiger partial charge in [0, 0.05) is 18.3 Å². The van der Waals surface area contributed by atoms with Crippen molar-refractivity contribution in [3.63, 3.8) is 0 Å². The molecule has 0 atom stereocenters. The van der Waals surface area contributed by atoms with Crippen LogP contribution in [-0.2, 0) is 0 Å². The lowest BCUT2D eigenvalue weighted by atomic mass is 10.1. The van der Waals surface area contributed by atoms with Gasteiger partial charge in [-0.1, -0.05) is 66.4 Å². The molecule has 0 aromatic heterocycles. The average Bonchev–Trinajstić information content (AvgIpc) is 2.67. The van der Waals surface area contributed by atoms with E-state index in [1.54, 1.807) is 0 Å². The van der Waals surface area contributed by atoms with Gasteiger partial charge in [0.25, 0.3) is 5.69 Å². The number of benzene rings is 3. The molecule has 0 heterocycles. The van der Waals surface area contributed by atoms with Gasteiger partial charge in [-0.05, 0) is 28.8 Å². The monoisotopic (exact) mass is 343 g/mol. The number of nitro benzene ring substituents is 1. The van der Waals surface area contributed by atoms with E-state index in [1.165, 1.54) is 24.4 Å². The zero-order valence-corrected chi connectivity index (χ0v) is 13.8. The van der Waals surface area contributed by atoms with Crippen molar-refractivity contribution in [2.24, 2.45) is 4.99 Å². The number of non-ortho nitro benzene ring substituents is 1. The summed E-state index contributed by atoms with van der Waals surface area (Å²) >= 11 is 0. The number of aliphatic imine (C=N–C) groups is 1. The van der Waals surface area contributed by atoms with Crippen LogP contribution in [0.15, 0.2) is 77.8 Å². The smallest absolute Gasteiger partial charge is 0.270 e. The molecule has 0 aliphatic heterocycles. The largest absolute Gasteiger partial charge is 0.872 e. The lowest BCUT2D eigenvalue weighted by molar-refractivity contribution is -0.385. The molecule has 128 valence electrons. The van der Waals surface area contributed by atoms with Crippen LogP contribution in [0.5, 0.6) is 5.75 Å². The molecule has 0 N–H and O–H groups in total. The molecule has 3 aromatic carbocycles. The van der Waals surface area contributed by atoms with E-state index in [0.29, 0.717) is 5.69 Å². The molecular weight excluding hydrogens is 328 g/mol. The molecule has 0 spiro atoms. The first kappa shape index (κ1) is 17.1. The minimum Gasteiger partial charge on any atom is -0.872 e. The Bertz CT molecular complexity index is 962. The van der Waals surface area contributed by atoms with Gasteiger partial charge in [-0.15, -0.1) is 0 Å². The zero-order valence-electron chi connectivity index (χ0n) is 13.8. The van der Waals surface area contributed by atoms with Crippen LogP contribution < -0.4 is 5.11 Å². The van der Waals surface area contributed by atoms with Crippen molar-refractivity contribution >= 4 is 29.7 Å².